The number of hydroxylamine groups is 1. The summed E-state index contributed by atoms with van der Waals surface area (Å²) in [6.07, 6.45) is 2.24. The van der Waals surface area contributed by atoms with E-state index in [1.165, 1.54) is 0 Å². The molecule has 1 heterocycles. The summed E-state index contributed by atoms with van der Waals surface area (Å²) in [6.45, 7) is 6.56. The van der Waals surface area contributed by atoms with E-state index in [1.54, 1.807) is 27.7 Å². The molecule has 94 valence electrons. The predicted molar refractivity (Wildman–Crippen MR) is 62.0 cm³/mol. The van der Waals surface area contributed by atoms with Crippen LogP contribution in [0.1, 0.15) is 31.1 Å². The zero-order chi connectivity index (χ0) is 13.2. The summed E-state index contributed by atoms with van der Waals surface area (Å²) in [7, 11) is 0. The molecule has 7 nitrogen and oxygen atoms in total. The minimum Gasteiger partial charge on any atom is -0.623 e. The topological polar surface area (TPSA) is 96.7 Å². The molecule has 17 heavy (non-hydrogen) atoms. The summed E-state index contributed by atoms with van der Waals surface area (Å²) in [6, 6.07) is 0. The number of hydrogen-bond donors (Lipinski definition) is 2. The van der Waals surface area contributed by atoms with Gasteiger partial charge in [0.25, 0.3) is 0 Å². The van der Waals surface area contributed by atoms with Crippen molar-refractivity contribution in [2.45, 2.75) is 33.2 Å². The Morgan fingerprint density at radius 1 is 1.47 bits per heavy atom. The van der Waals surface area contributed by atoms with Crippen LogP contribution >= 0.6 is 0 Å². The Balaban J connectivity index is 3.15. The lowest BCUT2D eigenvalue weighted by atomic mass is 10.1. The normalized spacial score (nSPS) is 13.5. The molecule has 0 spiro atoms. The van der Waals surface area contributed by atoms with Crippen LogP contribution in [0.3, 0.4) is 0 Å². The fourth-order valence-electron chi connectivity index (χ4n) is 1.18. The first-order valence-electron chi connectivity index (χ1n) is 5.04. The second kappa shape index (κ2) is 4.44. The van der Waals surface area contributed by atoms with Crippen molar-refractivity contribution in [1.82, 2.24) is 9.71 Å². The van der Waals surface area contributed by atoms with Crippen molar-refractivity contribution in [2.24, 2.45) is 5.16 Å². The molecule has 0 aromatic carbocycles. The largest absolute Gasteiger partial charge is 0.623 e. The van der Waals surface area contributed by atoms with Gasteiger partial charge in [-0.2, -0.15) is 9.47 Å². The SMILES string of the molecule is Cc1nc(/C=[N+](\[O-])C(C)(C)C=NO)n(O)c1C. The van der Waals surface area contributed by atoms with E-state index in [9.17, 15) is 10.4 Å². The Morgan fingerprint density at radius 2 is 2.06 bits per heavy atom. The molecule has 2 N–H and O–H groups in total. The van der Waals surface area contributed by atoms with E-state index < -0.39 is 5.54 Å². The van der Waals surface area contributed by atoms with Crippen molar-refractivity contribution in [2.75, 3.05) is 0 Å². The molecule has 0 saturated heterocycles. The van der Waals surface area contributed by atoms with Gasteiger partial charge in [0.15, 0.2) is 0 Å². The van der Waals surface area contributed by atoms with Crippen molar-refractivity contribution >= 4 is 12.4 Å². The van der Waals surface area contributed by atoms with Crippen LogP contribution < -0.4 is 0 Å². The highest BCUT2D eigenvalue weighted by atomic mass is 16.5. The van der Waals surface area contributed by atoms with Gasteiger partial charge in [-0.05, 0) is 13.8 Å². The highest BCUT2D eigenvalue weighted by Gasteiger charge is 2.25. The molecule has 1 aromatic heterocycles. The van der Waals surface area contributed by atoms with E-state index in [0.717, 1.165) is 17.2 Å². The fraction of sp³-hybridized carbons (Fsp3) is 0.500. The average molecular weight is 240 g/mol. The van der Waals surface area contributed by atoms with Crippen LogP contribution in [0.2, 0.25) is 0 Å². The van der Waals surface area contributed by atoms with E-state index >= 15 is 0 Å². The Morgan fingerprint density at radius 3 is 2.47 bits per heavy atom. The smallest absolute Gasteiger partial charge is 0.233 e. The van der Waals surface area contributed by atoms with Crippen molar-refractivity contribution in [3.63, 3.8) is 0 Å². The van der Waals surface area contributed by atoms with E-state index in [1.807, 2.05) is 0 Å². The molecule has 1 rings (SSSR count). The molecule has 0 fully saturated rings. The molecule has 7 heteroatoms. The molecule has 0 aliphatic carbocycles. The van der Waals surface area contributed by atoms with Crippen LogP contribution in [-0.2, 0) is 0 Å². The monoisotopic (exact) mass is 240 g/mol. The van der Waals surface area contributed by atoms with Crippen LogP contribution in [0.4, 0.5) is 0 Å². The molecular formula is C10H16N4O3. The maximum atomic E-state index is 11.8. The fourth-order valence-corrected chi connectivity index (χ4v) is 1.18. The highest BCUT2D eigenvalue weighted by molar-refractivity contribution is 5.73. The van der Waals surface area contributed by atoms with Crippen molar-refractivity contribution in [3.8, 4) is 0 Å². The third-order valence-corrected chi connectivity index (χ3v) is 2.51. The van der Waals surface area contributed by atoms with Gasteiger partial charge >= 0.3 is 0 Å². The Bertz CT molecular complexity index is 474. The van der Waals surface area contributed by atoms with Crippen molar-refractivity contribution in [3.05, 3.63) is 22.4 Å². The van der Waals surface area contributed by atoms with Crippen molar-refractivity contribution < 1.29 is 15.2 Å². The molecule has 0 bridgehead atoms. The number of hydrogen-bond acceptors (Lipinski definition) is 5. The molecule has 0 radical (unpaired) electrons. The standard InChI is InChI=1S/C10H16N4O3/c1-7-8(2)14(17)9(12-7)5-13(16)10(3,4)6-11-15/h5-6,15,17H,1-4H3/b11-6?,13-5-. The lowest BCUT2D eigenvalue weighted by Gasteiger charge is -2.18. The highest BCUT2D eigenvalue weighted by Crippen LogP contribution is 2.08. The van der Waals surface area contributed by atoms with Crippen LogP contribution in [0, 0.1) is 19.1 Å². The second-order valence-corrected chi connectivity index (χ2v) is 4.31. The maximum Gasteiger partial charge on any atom is 0.233 e. The van der Waals surface area contributed by atoms with Gasteiger partial charge in [-0.25, -0.2) is 4.98 Å². The molecule has 0 atom stereocenters. The zero-order valence-corrected chi connectivity index (χ0v) is 10.2. The maximum absolute atomic E-state index is 11.8. The molecule has 0 aliphatic rings. The Hall–Kier alpha value is -2.05. The van der Waals surface area contributed by atoms with Gasteiger partial charge < -0.3 is 15.6 Å². The zero-order valence-electron chi connectivity index (χ0n) is 10.2. The van der Waals surface area contributed by atoms with E-state index in [0.29, 0.717) is 16.1 Å². The van der Waals surface area contributed by atoms with E-state index in [2.05, 4.69) is 10.1 Å². The summed E-state index contributed by atoms with van der Waals surface area (Å²) >= 11 is 0. The first-order chi connectivity index (χ1) is 7.79. The third-order valence-electron chi connectivity index (χ3n) is 2.51. The predicted octanol–water partition coefficient (Wildman–Crippen LogP) is 0.905. The summed E-state index contributed by atoms with van der Waals surface area (Å²) < 4.78 is 1.40. The minimum atomic E-state index is -1.03. The lowest BCUT2D eigenvalue weighted by Crippen LogP contribution is -2.35. The van der Waals surface area contributed by atoms with Crippen LogP contribution in [0.25, 0.3) is 0 Å². The number of rotatable bonds is 3. The number of imidazole rings is 1. The molecule has 0 saturated carbocycles. The first-order valence-corrected chi connectivity index (χ1v) is 5.04. The van der Waals surface area contributed by atoms with Gasteiger partial charge in [-0.15, -0.1) is 0 Å². The number of aromatic nitrogens is 2. The van der Waals surface area contributed by atoms with E-state index in [-0.39, 0.29) is 5.82 Å². The summed E-state index contributed by atoms with van der Waals surface area (Å²) in [5, 5.41) is 32.7. The number of oxime groups is 1. The third kappa shape index (κ3) is 2.55. The molecule has 0 amide bonds. The summed E-state index contributed by atoms with van der Waals surface area (Å²) in [5.74, 6) is 0.134. The van der Waals surface area contributed by atoms with Crippen LogP contribution in [-0.4, -0.2) is 42.8 Å². The number of aryl methyl sites for hydroxylation is 1. The van der Waals surface area contributed by atoms with Gasteiger partial charge in [-0.1, -0.05) is 5.16 Å². The molecule has 0 unspecified atom stereocenters. The average Bonchev–Trinajstić information content (AvgIpc) is 2.46. The van der Waals surface area contributed by atoms with Crippen molar-refractivity contribution in [1.29, 1.82) is 0 Å². The van der Waals surface area contributed by atoms with Gasteiger partial charge in [0, 0.05) is 13.8 Å². The van der Waals surface area contributed by atoms with Gasteiger partial charge in [0.2, 0.25) is 17.6 Å². The molecule has 1 aromatic rings. The Kier molecular flexibility index (Phi) is 3.40. The molecular weight excluding hydrogens is 224 g/mol. The summed E-state index contributed by atoms with van der Waals surface area (Å²) in [5.41, 5.74) is 0.182. The van der Waals surface area contributed by atoms with Gasteiger partial charge in [-0.3, -0.25) is 0 Å². The Labute approximate surface area is 98.9 Å². The van der Waals surface area contributed by atoms with Crippen LogP contribution in [0.5, 0.6) is 0 Å². The first kappa shape index (κ1) is 13.0. The molecule has 0 aliphatic heterocycles. The number of nitrogens with zero attached hydrogens (tertiary/aromatic N) is 4. The minimum absolute atomic E-state index is 0.134. The van der Waals surface area contributed by atoms with Gasteiger partial charge in [0.05, 0.1) is 11.4 Å². The second-order valence-electron chi connectivity index (χ2n) is 4.31. The van der Waals surface area contributed by atoms with Crippen LogP contribution in [0.15, 0.2) is 5.16 Å². The van der Waals surface area contributed by atoms with E-state index in [4.69, 9.17) is 5.21 Å². The summed E-state index contributed by atoms with van der Waals surface area (Å²) in [4.78, 5) is 4.03. The quantitative estimate of drug-likeness (QED) is 0.205. The lowest BCUT2D eigenvalue weighted by molar-refractivity contribution is -0.511. The van der Waals surface area contributed by atoms with Gasteiger partial charge in [0.1, 0.15) is 6.21 Å².